The summed E-state index contributed by atoms with van der Waals surface area (Å²) >= 11 is 0. The third-order valence-corrected chi connectivity index (χ3v) is 3.70. The van der Waals surface area contributed by atoms with Gasteiger partial charge in [0, 0.05) is 13.0 Å². The van der Waals surface area contributed by atoms with E-state index in [9.17, 15) is 14.7 Å². The summed E-state index contributed by atoms with van der Waals surface area (Å²) in [5, 5.41) is 10.2. The van der Waals surface area contributed by atoms with Crippen LogP contribution in [-0.4, -0.2) is 53.5 Å². The molecule has 2 aliphatic rings. The third-order valence-electron chi connectivity index (χ3n) is 3.70. The summed E-state index contributed by atoms with van der Waals surface area (Å²) in [7, 11) is 0. The van der Waals surface area contributed by atoms with Gasteiger partial charge in [0.1, 0.15) is 11.0 Å². The Balaban J connectivity index is 2.00. The molecule has 2 aliphatic heterocycles. The fourth-order valence-electron chi connectivity index (χ4n) is 2.57. The van der Waals surface area contributed by atoms with E-state index in [-0.39, 0.29) is 12.5 Å². The molecular formula is C13H21NO5. The van der Waals surface area contributed by atoms with Gasteiger partial charge >= 0.3 is 12.1 Å². The zero-order valence-electron chi connectivity index (χ0n) is 11.6. The predicted octanol–water partition coefficient (Wildman–Crippen LogP) is 0.921. The molecule has 2 heterocycles. The predicted molar refractivity (Wildman–Crippen MR) is 66.4 cm³/mol. The van der Waals surface area contributed by atoms with E-state index in [1.165, 1.54) is 4.90 Å². The van der Waals surface area contributed by atoms with Gasteiger partial charge in [0.2, 0.25) is 0 Å². The standard InChI is InChI=1S/C13H21NO5/c1-12(2,3)19-11(17)14-6-4-13(9(15)8-14)5-7-18-10(13)16/h9,15H,4-8H2,1-3H3. The molecule has 1 spiro atoms. The number of aliphatic hydroxyl groups is 1. The number of likely N-dealkylation sites (tertiary alicyclic amines) is 1. The van der Waals surface area contributed by atoms with Crippen LogP contribution in [0, 0.1) is 5.41 Å². The van der Waals surface area contributed by atoms with Gasteiger partial charge in [0.15, 0.2) is 0 Å². The number of carbonyl (C=O) groups is 2. The van der Waals surface area contributed by atoms with Crippen LogP contribution in [0.5, 0.6) is 0 Å². The molecule has 2 unspecified atom stereocenters. The van der Waals surface area contributed by atoms with Crippen LogP contribution in [0.1, 0.15) is 33.6 Å². The molecular weight excluding hydrogens is 250 g/mol. The van der Waals surface area contributed by atoms with E-state index in [4.69, 9.17) is 9.47 Å². The maximum atomic E-state index is 11.9. The highest BCUT2D eigenvalue weighted by Gasteiger charge is 2.53. The molecule has 0 saturated carbocycles. The maximum Gasteiger partial charge on any atom is 0.410 e. The van der Waals surface area contributed by atoms with Crippen LogP contribution >= 0.6 is 0 Å². The fraction of sp³-hybridized carbons (Fsp3) is 0.846. The van der Waals surface area contributed by atoms with Gasteiger partial charge in [0.05, 0.1) is 19.3 Å². The van der Waals surface area contributed by atoms with Gasteiger partial charge in [0.25, 0.3) is 0 Å². The highest BCUT2D eigenvalue weighted by molar-refractivity contribution is 5.80. The summed E-state index contributed by atoms with van der Waals surface area (Å²) in [4.78, 5) is 25.1. The lowest BCUT2D eigenvalue weighted by atomic mass is 9.75. The summed E-state index contributed by atoms with van der Waals surface area (Å²) in [6, 6.07) is 0. The molecule has 2 saturated heterocycles. The molecule has 2 rings (SSSR count). The van der Waals surface area contributed by atoms with Crippen LogP contribution in [0.4, 0.5) is 4.79 Å². The normalized spacial score (nSPS) is 31.5. The number of rotatable bonds is 0. The Morgan fingerprint density at radius 3 is 2.63 bits per heavy atom. The van der Waals surface area contributed by atoms with Crippen LogP contribution in [0.2, 0.25) is 0 Å². The quantitative estimate of drug-likeness (QED) is 0.663. The number of ether oxygens (including phenoxy) is 2. The van der Waals surface area contributed by atoms with E-state index in [0.717, 1.165) is 0 Å². The summed E-state index contributed by atoms with van der Waals surface area (Å²) < 4.78 is 10.2. The largest absolute Gasteiger partial charge is 0.465 e. The first-order valence-electron chi connectivity index (χ1n) is 6.58. The van der Waals surface area contributed by atoms with E-state index in [1.807, 2.05) is 0 Å². The summed E-state index contributed by atoms with van der Waals surface area (Å²) in [5.74, 6) is -0.344. The Hall–Kier alpha value is -1.30. The Morgan fingerprint density at radius 1 is 1.47 bits per heavy atom. The van der Waals surface area contributed by atoms with E-state index >= 15 is 0 Å². The van der Waals surface area contributed by atoms with Crippen LogP contribution in [0.15, 0.2) is 0 Å². The van der Waals surface area contributed by atoms with E-state index < -0.39 is 23.2 Å². The molecule has 0 aromatic heterocycles. The molecule has 1 amide bonds. The molecule has 0 aromatic carbocycles. The topological polar surface area (TPSA) is 76.1 Å². The van der Waals surface area contributed by atoms with E-state index in [2.05, 4.69) is 0 Å². The first-order chi connectivity index (χ1) is 8.74. The first kappa shape index (κ1) is 14.1. The van der Waals surface area contributed by atoms with E-state index in [1.54, 1.807) is 20.8 Å². The minimum absolute atomic E-state index is 0.115. The number of aliphatic hydroxyl groups excluding tert-OH is 1. The number of piperidine rings is 1. The van der Waals surface area contributed by atoms with Crippen molar-refractivity contribution in [2.45, 2.75) is 45.3 Å². The zero-order chi connectivity index (χ0) is 14.3. The van der Waals surface area contributed by atoms with Crippen LogP contribution in [0.25, 0.3) is 0 Å². The van der Waals surface area contributed by atoms with Crippen molar-refractivity contribution in [2.75, 3.05) is 19.7 Å². The average molecular weight is 271 g/mol. The number of amides is 1. The van der Waals surface area contributed by atoms with Gasteiger partial charge < -0.3 is 19.5 Å². The third kappa shape index (κ3) is 2.68. The number of hydrogen-bond donors (Lipinski definition) is 1. The molecule has 0 aromatic rings. The minimum Gasteiger partial charge on any atom is -0.465 e. The van der Waals surface area contributed by atoms with Crippen LogP contribution < -0.4 is 0 Å². The van der Waals surface area contributed by atoms with Crippen molar-refractivity contribution in [3.63, 3.8) is 0 Å². The summed E-state index contributed by atoms with van der Waals surface area (Å²) in [6.45, 7) is 6.25. The number of esters is 1. The van der Waals surface area contributed by atoms with Gasteiger partial charge in [-0.1, -0.05) is 0 Å². The molecule has 0 aliphatic carbocycles. The maximum absolute atomic E-state index is 11.9. The number of carbonyl (C=O) groups excluding carboxylic acids is 2. The molecule has 108 valence electrons. The summed E-state index contributed by atoms with van der Waals surface area (Å²) in [6.07, 6.45) is -0.391. The van der Waals surface area contributed by atoms with Crippen molar-refractivity contribution in [3.8, 4) is 0 Å². The zero-order valence-corrected chi connectivity index (χ0v) is 11.6. The molecule has 1 N–H and O–H groups in total. The van der Waals surface area contributed by atoms with Crippen molar-refractivity contribution >= 4 is 12.1 Å². The van der Waals surface area contributed by atoms with Crippen molar-refractivity contribution in [1.29, 1.82) is 0 Å². The lowest BCUT2D eigenvalue weighted by Gasteiger charge is -2.40. The Bertz CT molecular complexity index is 389. The molecule has 0 radical (unpaired) electrons. The second-order valence-electron chi connectivity index (χ2n) is 6.23. The van der Waals surface area contributed by atoms with Gasteiger partial charge in [-0.05, 0) is 27.2 Å². The number of hydrogen-bond acceptors (Lipinski definition) is 5. The van der Waals surface area contributed by atoms with Crippen molar-refractivity contribution in [1.82, 2.24) is 4.90 Å². The fourth-order valence-corrected chi connectivity index (χ4v) is 2.57. The number of nitrogens with zero attached hydrogens (tertiary/aromatic N) is 1. The molecule has 2 fully saturated rings. The lowest BCUT2D eigenvalue weighted by Crippen LogP contribution is -2.55. The van der Waals surface area contributed by atoms with E-state index in [0.29, 0.717) is 26.0 Å². The van der Waals surface area contributed by atoms with Gasteiger partial charge in [-0.25, -0.2) is 4.79 Å². The van der Waals surface area contributed by atoms with Gasteiger partial charge in [-0.2, -0.15) is 0 Å². The Kier molecular flexibility index (Phi) is 3.47. The van der Waals surface area contributed by atoms with Crippen LogP contribution in [0.3, 0.4) is 0 Å². The Morgan fingerprint density at radius 2 is 2.16 bits per heavy atom. The molecule has 6 heteroatoms. The Labute approximate surface area is 112 Å². The first-order valence-corrected chi connectivity index (χ1v) is 6.58. The van der Waals surface area contributed by atoms with Gasteiger partial charge in [-0.15, -0.1) is 0 Å². The average Bonchev–Trinajstić information content (AvgIpc) is 2.63. The number of cyclic esters (lactones) is 1. The highest BCUT2D eigenvalue weighted by atomic mass is 16.6. The SMILES string of the molecule is CC(C)(C)OC(=O)N1CCC2(CCOC2=O)C(O)C1. The number of β-amino-alcohol motifs (C(OH)–C–C–N with tert-alkyl or cyclic N) is 1. The molecule has 0 bridgehead atoms. The molecule has 19 heavy (non-hydrogen) atoms. The van der Waals surface area contributed by atoms with Crippen molar-refractivity contribution in [3.05, 3.63) is 0 Å². The minimum atomic E-state index is -0.885. The monoisotopic (exact) mass is 271 g/mol. The van der Waals surface area contributed by atoms with Crippen LogP contribution in [-0.2, 0) is 14.3 Å². The molecule has 6 nitrogen and oxygen atoms in total. The van der Waals surface area contributed by atoms with Crippen molar-refractivity contribution in [2.24, 2.45) is 5.41 Å². The lowest BCUT2D eigenvalue weighted by molar-refractivity contribution is -0.156. The smallest absolute Gasteiger partial charge is 0.410 e. The van der Waals surface area contributed by atoms with Crippen molar-refractivity contribution < 1.29 is 24.2 Å². The van der Waals surface area contributed by atoms with Gasteiger partial charge in [-0.3, -0.25) is 4.79 Å². The summed E-state index contributed by atoms with van der Waals surface area (Å²) in [5.41, 5.74) is -1.39. The molecule has 2 atom stereocenters. The second-order valence-corrected chi connectivity index (χ2v) is 6.23. The highest BCUT2D eigenvalue weighted by Crippen LogP contribution is 2.40. The second kappa shape index (κ2) is 4.67.